The number of benzene rings is 3. The summed E-state index contributed by atoms with van der Waals surface area (Å²) in [4.78, 5) is 25.4. The molecule has 0 saturated carbocycles. The van der Waals surface area contributed by atoms with Crippen LogP contribution in [0.4, 0.5) is 0 Å². The molecule has 5 rings (SSSR count). The lowest BCUT2D eigenvalue weighted by atomic mass is 10.1. The Morgan fingerprint density at radius 3 is 2.63 bits per heavy atom. The number of hydrogen-bond donors (Lipinski definition) is 1. The lowest BCUT2D eigenvalue weighted by molar-refractivity contribution is 0.945. The van der Waals surface area contributed by atoms with Crippen LogP contribution in [0.1, 0.15) is 17.0 Å². The Morgan fingerprint density at radius 2 is 1.80 bits per heavy atom. The predicted molar refractivity (Wildman–Crippen MR) is 117 cm³/mol. The standard InChI is InChI=1S/C24H15N5O/c25-14-17-7-5-16(6-8-17)9-12-23-28-20-4-2-1-3-19(20)24(30)29(23)18-10-11-21-22(13-18)27-15-26-21/h1-13,15H,(H,26,27)/b12-9+. The second-order valence-electron chi connectivity index (χ2n) is 6.80. The van der Waals surface area contributed by atoms with Gasteiger partial charge in [0.15, 0.2) is 0 Å². The summed E-state index contributed by atoms with van der Waals surface area (Å²) in [5.74, 6) is 0.516. The summed E-state index contributed by atoms with van der Waals surface area (Å²) >= 11 is 0. The number of nitrogens with one attached hydrogen (secondary N) is 1. The van der Waals surface area contributed by atoms with Crippen LogP contribution in [0.3, 0.4) is 0 Å². The highest BCUT2D eigenvalue weighted by Crippen LogP contribution is 2.19. The van der Waals surface area contributed by atoms with Gasteiger partial charge in [-0.05, 0) is 54.1 Å². The average Bonchev–Trinajstić information content (AvgIpc) is 3.26. The third kappa shape index (κ3) is 3.05. The Balaban J connectivity index is 1.71. The topological polar surface area (TPSA) is 87.4 Å². The molecule has 0 atom stereocenters. The van der Waals surface area contributed by atoms with E-state index in [0.29, 0.717) is 28.0 Å². The highest BCUT2D eigenvalue weighted by molar-refractivity contribution is 5.81. The fourth-order valence-corrected chi connectivity index (χ4v) is 3.41. The number of nitriles is 1. The van der Waals surface area contributed by atoms with Crippen LogP contribution in [0.5, 0.6) is 0 Å². The first-order chi connectivity index (χ1) is 14.7. The highest BCUT2D eigenvalue weighted by Gasteiger charge is 2.12. The van der Waals surface area contributed by atoms with Gasteiger partial charge >= 0.3 is 0 Å². The van der Waals surface area contributed by atoms with Crippen LogP contribution in [0.25, 0.3) is 39.8 Å². The van der Waals surface area contributed by atoms with Crippen LogP contribution < -0.4 is 5.56 Å². The van der Waals surface area contributed by atoms with Gasteiger partial charge in [0.2, 0.25) is 0 Å². The first-order valence-electron chi connectivity index (χ1n) is 9.36. The van der Waals surface area contributed by atoms with Crippen molar-refractivity contribution in [3.05, 3.63) is 100 Å². The number of imidazole rings is 1. The molecule has 0 spiro atoms. The zero-order valence-electron chi connectivity index (χ0n) is 15.8. The largest absolute Gasteiger partial charge is 0.345 e. The van der Waals surface area contributed by atoms with E-state index < -0.39 is 0 Å². The maximum Gasteiger partial charge on any atom is 0.266 e. The third-order valence-electron chi connectivity index (χ3n) is 4.93. The van der Waals surface area contributed by atoms with E-state index in [1.807, 2.05) is 60.7 Å². The zero-order valence-corrected chi connectivity index (χ0v) is 15.8. The molecule has 6 nitrogen and oxygen atoms in total. The minimum Gasteiger partial charge on any atom is -0.345 e. The molecule has 0 saturated heterocycles. The van der Waals surface area contributed by atoms with Gasteiger partial charge < -0.3 is 4.98 Å². The molecular formula is C24H15N5O. The summed E-state index contributed by atoms with van der Waals surface area (Å²) in [6, 6.07) is 22.3. The Morgan fingerprint density at radius 1 is 0.967 bits per heavy atom. The summed E-state index contributed by atoms with van der Waals surface area (Å²) in [5, 5.41) is 9.52. The predicted octanol–water partition coefficient (Wildman–Crippen LogP) is 4.30. The molecule has 0 aliphatic heterocycles. The maximum atomic E-state index is 13.3. The fraction of sp³-hybridized carbons (Fsp3) is 0. The molecule has 0 amide bonds. The van der Waals surface area contributed by atoms with E-state index in [-0.39, 0.29) is 5.56 Å². The van der Waals surface area contributed by atoms with Crippen LogP contribution in [-0.2, 0) is 0 Å². The molecule has 0 aliphatic carbocycles. The van der Waals surface area contributed by atoms with E-state index in [2.05, 4.69) is 16.0 Å². The molecule has 0 unspecified atom stereocenters. The summed E-state index contributed by atoms with van der Waals surface area (Å²) in [6.45, 7) is 0. The van der Waals surface area contributed by atoms with Crippen molar-refractivity contribution in [1.29, 1.82) is 5.26 Å². The number of H-pyrrole nitrogens is 1. The van der Waals surface area contributed by atoms with Crippen molar-refractivity contribution < 1.29 is 0 Å². The second-order valence-corrected chi connectivity index (χ2v) is 6.80. The molecule has 0 radical (unpaired) electrons. The minimum atomic E-state index is -0.140. The molecule has 0 fully saturated rings. The van der Waals surface area contributed by atoms with Crippen LogP contribution >= 0.6 is 0 Å². The molecule has 142 valence electrons. The lowest BCUT2D eigenvalue weighted by Gasteiger charge is -2.11. The van der Waals surface area contributed by atoms with Gasteiger partial charge in [-0.1, -0.05) is 30.3 Å². The quantitative estimate of drug-likeness (QED) is 0.498. The Labute approximate surface area is 171 Å². The van der Waals surface area contributed by atoms with Crippen molar-refractivity contribution in [3.8, 4) is 11.8 Å². The smallest absolute Gasteiger partial charge is 0.266 e. The van der Waals surface area contributed by atoms with Crippen LogP contribution in [0, 0.1) is 11.3 Å². The van der Waals surface area contributed by atoms with Gasteiger partial charge in [-0.25, -0.2) is 9.97 Å². The molecule has 2 aromatic heterocycles. The van der Waals surface area contributed by atoms with E-state index in [9.17, 15) is 4.79 Å². The molecule has 5 aromatic rings. The van der Waals surface area contributed by atoms with Crippen LogP contribution in [0.2, 0.25) is 0 Å². The molecule has 0 aliphatic rings. The third-order valence-corrected chi connectivity index (χ3v) is 4.93. The van der Waals surface area contributed by atoms with Crippen molar-refractivity contribution in [2.24, 2.45) is 0 Å². The molecule has 2 heterocycles. The van der Waals surface area contributed by atoms with Crippen molar-refractivity contribution in [2.75, 3.05) is 0 Å². The number of fused-ring (bicyclic) bond motifs is 2. The van der Waals surface area contributed by atoms with Gasteiger partial charge in [-0.15, -0.1) is 0 Å². The van der Waals surface area contributed by atoms with Gasteiger partial charge in [0.25, 0.3) is 5.56 Å². The monoisotopic (exact) mass is 389 g/mol. The number of para-hydroxylation sites is 1. The minimum absolute atomic E-state index is 0.140. The molecule has 6 heteroatoms. The Kier molecular flexibility index (Phi) is 4.19. The van der Waals surface area contributed by atoms with Crippen molar-refractivity contribution in [1.82, 2.24) is 19.5 Å². The Hall–Kier alpha value is -4.50. The van der Waals surface area contributed by atoms with E-state index >= 15 is 0 Å². The summed E-state index contributed by atoms with van der Waals surface area (Å²) in [7, 11) is 0. The number of nitrogens with zero attached hydrogens (tertiary/aromatic N) is 4. The van der Waals surface area contributed by atoms with E-state index in [4.69, 9.17) is 10.2 Å². The normalized spacial score (nSPS) is 11.3. The van der Waals surface area contributed by atoms with Crippen LogP contribution in [0.15, 0.2) is 77.9 Å². The highest BCUT2D eigenvalue weighted by atomic mass is 16.1. The average molecular weight is 389 g/mol. The van der Waals surface area contributed by atoms with Crippen molar-refractivity contribution in [3.63, 3.8) is 0 Å². The molecule has 30 heavy (non-hydrogen) atoms. The SMILES string of the molecule is N#Cc1ccc(/C=C/c2nc3ccccc3c(=O)n2-c2ccc3nc[nH]c3c2)cc1. The number of aromatic nitrogens is 4. The summed E-state index contributed by atoms with van der Waals surface area (Å²) < 4.78 is 1.60. The van der Waals surface area contributed by atoms with Crippen molar-refractivity contribution in [2.45, 2.75) is 0 Å². The first kappa shape index (κ1) is 17.6. The zero-order chi connectivity index (χ0) is 20.5. The summed E-state index contributed by atoms with van der Waals surface area (Å²) in [5.41, 5.74) is 4.38. The lowest BCUT2D eigenvalue weighted by Crippen LogP contribution is -2.22. The van der Waals surface area contributed by atoms with Crippen molar-refractivity contribution >= 4 is 34.1 Å². The van der Waals surface area contributed by atoms with Gasteiger partial charge in [-0.2, -0.15) is 5.26 Å². The number of rotatable bonds is 3. The number of aromatic amines is 1. The Bertz CT molecular complexity index is 1520. The van der Waals surface area contributed by atoms with Crippen LogP contribution in [-0.4, -0.2) is 19.5 Å². The van der Waals surface area contributed by atoms with E-state index in [1.165, 1.54) is 0 Å². The molecule has 3 aromatic carbocycles. The summed E-state index contributed by atoms with van der Waals surface area (Å²) in [6.07, 6.45) is 5.32. The van der Waals surface area contributed by atoms with Gasteiger partial charge in [0.1, 0.15) is 5.82 Å². The molecular weight excluding hydrogens is 374 g/mol. The maximum absolute atomic E-state index is 13.3. The van der Waals surface area contributed by atoms with E-state index in [1.54, 1.807) is 29.1 Å². The van der Waals surface area contributed by atoms with E-state index in [0.717, 1.165) is 16.6 Å². The van der Waals surface area contributed by atoms with Gasteiger partial charge in [0.05, 0.1) is 45.6 Å². The second kappa shape index (κ2) is 7.15. The van der Waals surface area contributed by atoms with Gasteiger partial charge in [0, 0.05) is 0 Å². The van der Waals surface area contributed by atoms with Gasteiger partial charge in [-0.3, -0.25) is 9.36 Å². The number of hydrogen-bond acceptors (Lipinski definition) is 4. The molecule has 0 bridgehead atoms. The fourth-order valence-electron chi connectivity index (χ4n) is 3.41. The first-order valence-corrected chi connectivity index (χ1v) is 9.36. The molecule has 1 N–H and O–H groups in total.